The lowest BCUT2D eigenvalue weighted by atomic mass is 10.2. The Labute approximate surface area is 135 Å². The maximum atomic E-state index is 8.49. The molecular formula is C13H17ClN4O5. The van der Waals surface area contributed by atoms with E-state index in [0.29, 0.717) is 17.5 Å². The van der Waals surface area contributed by atoms with Crippen LogP contribution in [0.3, 0.4) is 0 Å². The lowest BCUT2D eigenvalue weighted by molar-refractivity contribution is -2.00. The van der Waals surface area contributed by atoms with Crippen LogP contribution in [0, 0.1) is 10.2 Å². The highest BCUT2D eigenvalue weighted by molar-refractivity contribution is 5.53. The van der Waals surface area contributed by atoms with Gasteiger partial charge in [-0.1, -0.05) is 18.2 Å². The molecule has 0 amide bonds. The zero-order chi connectivity index (χ0) is 17.6. The topological polar surface area (TPSA) is 137 Å². The van der Waals surface area contributed by atoms with E-state index in [1.54, 1.807) is 0 Å². The molecule has 0 saturated carbocycles. The fourth-order valence-electron chi connectivity index (χ4n) is 1.43. The van der Waals surface area contributed by atoms with Crippen molar-refractivity contribution in [3.05, 3.63) is 36.0 Å². The average molecular weight is 345 g/mol. The monoisotopic (exact) mass is 344 g/mol. The summed E-state index contributed by atoms with van der Waals surface area (Å²) in [4.78, 5) is 10.6. The van der Waals surface area contributed by atoms with E-state index in [4.69, 9.17) is 23.1 Å². The Morgan fingerprint density at radius 3 is 1.96 bits per heavy atom. The van der Waals surface area contributed by atoms with Crippen LogP contribution in [0.4, 0.5) is 5.95 Å². The van der Waals surface area contributed by atoms with Gasteiger partial charge in [-0.05, 0) is 12.1 Å². The molecule has 1 aromatic heterocycles. The van der Waals surface area contributed by atoms with Crippen LogP contribution in [0.1, 0.15) is 0 Å². The molecule has 1 aromatic carbocycles. The second kappa shape index (κ2) is 7.99. The number of hydrogen-bond donors (Lipinski definition) is 0. The Morgan fingerprint density at radius 2 is 1.52 bits per heavy atom. The van der Waals surface area contributed by atoms with E-state index in [1.165, 1.54) is 0 Å². The van der Waals surface area contributed by atoms with Gasteiger partial charge in [0.2, 0.25) is 5.89 Å². The Kier molecular flexibility index (Phi) is 6.61. The van der Waals surface area contributed by atoms with E-state index in [-0.39, 0.29) is 0 Å². The average Bonchev–Trinajstić information content (AvgIpc) is 2.46. The summed E-state index contributed by atoms with van der Waals surface area (Å²) >= 11 is 0. The van der Waals surface area contributed by atoms with Gasteiger partial charge in [-0.25, -0.2) is 23.2 Å². The standard InChI is InChI=1S/C13H17N4O.ClHO4/c1-16(2)12-14-11(10-8-6-5-7-9-10)18-13(15-12)17(3)4;2-1(3,4)5/h5-9H,1-4H3;(H,2,3,4,5)/q+1;/p-1. The summed E-state index contributed by atoms with van der Waals surface area (Å²) in [6.45, 7) is 0. The lowest BCUT2D eigenvalue weighted by Gasteiger charge is -2.17. The summed E-state index contributed by atoms with van der Waals surface area (Å²) in [6, 6.07) is 9.80. The second-order valence-corrected chi connectivity index (χ2v) is 5.50. The number of halogens is 1. The number of benzene rings is 1. The second-order valence-electron chi connectivity index (χ2n) is 4.75. The summed E-state index contributed by atoms with van der Waals surface area (Å²) in [5, 5.41) is 0. The molecule has 0 spiro atoms. The van der Waals surface area contributed by atoms with Gasteiger partial charge in [-0.15, -0.1) is 10.2 Å². The third-order valence-electron chi connectivity index (χ3n) is 2.39. The van der Waals surface area contributed by atoms with Crippen LogP contribution in [-0.2, 0) is 0 Å². The molecule has 0 unspecified atom stereocenters. The van der Waals surface area contributed by atoms with Crippen LogP contribution in [0.15, 0.2) is 34.7 Å². The smallest absolute Gasteiger partial charge is 0.369 e. The van der Waals surface area contributed by atoms with Crippen LogP contribution in [-0.4, -0.2) is 38.2 Å². The van der Waals surface area contributed by atoms with Crippen LogP contribution >= 0.6 is 0 Å². The predicted octanol–water partition coefficient (Wildman–Crippen LogP) is -3.92. The van der Waals surface area contributed by atoms with Crippen molar-refractivity contribution in [3.63, 3.8) is 0 Å². The molecule has 0 aliphatic heterocycles. The molecule has 0 saturated heterocycles. The number of aromatic nitrogens is 2. The van der Waals surface area contributed by atoms with E-state index in [2.05, 4.69) is 9.97 Å². The first-order chi connectivity index (χ1) is 10.6. The normalized spacial score (nSPS) is 10.6. The molecule has 126 valence electrons. The number of hydrogen-bond acceptors (Lipinski definition) is 8. The largest absolute Gasteiger partial charge is 0.503 e. The Bertz CT molecular complexity index is 688. The molecule has 0 N–H and O–H groups in total. The van der Waals surface area contributed by atoms with E-state index < -0.39 is 10.2 Å². The van der Waals surface area contributed by atoms with Crippen LogP contribution in [0.25, 0.3) is 11.5 Å². The van der Waals surface area contributed by atoms with E-state index >= 15 is 0 Å². The van der Waals surface area contributed by atoms with Crippen molar-refractivity contribution < 1.29 is 33.3 Å². The van der Waals surface area contributed by atoms with Gasteiger partial charge in [0.15, 0.2) is 0 Å². The van der Waals surface area contributed by atoms with Crippen molar-refractivity contribution in [2.24, 2.45) is 0 Å². The summed E-state index contributed by atoms with van der Waals surface area (Å²) in [5.74, 6) is 1.20. The first-order valence-electron chi connectivity index (χ1n) is 6.32. The molecule has 10 heteroatoms. The zero-order valence-electron chi connectivity index (χ0n) is 13.1. The maximum absolute atomic E-state index is 8.49. The molecular weight excluding hydrogens is 328 g/mol. The molecule has 0 radical (unpaired) electrons. The zero-order valence-corrected chi connectivity index (χ0v) is 13.9. The minimum Gasteiger partial charge on any atom is -0.369 e. The molecule has 0 aliphatic carbocycles. The highest BCUT2D eigenvalue weighted by Gasteiger charge is 2.14. The van der Waals surface area contributed by atoms with Gasteiger partial charge in [0.25, 0.3) is 0 Å². The fraction of sp³-hybridized carbons (Fsp3) is 0.308. The number of rotatable bonds is 2. The van der Waals surface area contributed by atoms with Crippen molar-refractivity contribution >= 4 is 5.95 Å². The molecule has 2 aromatic rings. The summed E-state index contributed by atoms with van der Waals surface area (Å²) in [7, 11) is 2.65. The van der Waals surface area contributed by atoms with E-state index in [9.17, 15) is 0 Å². The van der Waals surface area contributed by atoms with E-state index in [0.717, 1.165) is 5.56 Å². The van der Waals surface area contributed by atoms with Gasteiger partial charge in [0.1, 0.15) is 0 Å². The number of nitrogens with zero attached hydrogens (tertiary/aromatic N) is 4. The molecule has 9 nitrogen and oxygen atoms in total. The van der Waals surface area contributed by atoms with Crippen molar-refractivity contribution in [3.8, 4) is 11.5 Å². The van der Waals surface area contributed by atoms with Gasteiger partial charge >= 0.3 is 11.6 Å². The Morgan fingerprint density at radius 1 is 1.00 bits per heavy atom. The minimum absolute atomic E-state index is 0.535. The molecule has 2 rings (SSSR count). The molecule has 0 atom stereocenters. The molecule has 23 heavy (non-hydrogen) atoms. The van der Waals surface area contributed by atoms with Gasteiger partial charge in [-0.2, -0.15) is 4.98 Å². The third kappa shape index (κ3) is 7.17. The van der Waals surface area contributed by atoms with E-state index in [1.807, 2.05) is 68.0 Å². The van der Waals surface area contributed by atoms with Crippen molar-refractivity contribution in [1.82, 2.24) is 14.5 Å². The highest BCUT2D eigenvalue weighted by atomic mass is 35.7. The lowest BCUT2D eigenvalue weighted by Crippen LogP contribution is -2.68. The van der Waals surface area contributed by atoms with Crippen molar-refractivity contribution in [2.75, 3.05) is 33.1 Å². The summed E-state index contributed by atoms with van der Waals surface area (Å²) in [5.41, 5.74) is 1.47. The van der Waals surface area contributed by atoms with Crippen LogP contribution < -0.4 is 33.8 Å². The SMILES string of the molecule is CN(C)c1nc(-c2ccccc2)oc(=[N+](C)C)n1.[O-][Cl+3]([O-])([O-])[O-]. The van der Waals surface area contributed by atoms with Crippen LogP contribution in [0.2, 0.25) is 0 Å². The van der Waals surface area contributed by atoms with Crippen molar-refractivity contribution in [1.29, 1.82) is 0 Å². The van der Waals surface area contributed by atoms with Gasteiger partial charge < -0.3 is 9.32 Å². The molecule has 1 heterocycles. The van der Waals surface area contributed by atoms with Gasteiger partial charge in [-0.3, -0.25) is 0 Å². The number of anilines is 1. The predicted molar refractivity (Wildman–Crippen MR) is 71.2 cm³/mol. The highest BCUT2D eigenvalue weighted by Crippen LogP contribution is 2.15. The fourth-order valence-corrected chi connectivity index (χ4v) is 1.43. The summed E-state index contributed by atoms with van der Waals surface area (Å²) in [6.07, 6.45) is 0. The molecule has 0 fully saturated rings. The Balaban J connectivity index is 0.000000463. The van der Waals surface area contributed by atoms with Crippen LogP contribution in [0.5, 0.6) is 0 Å². The molecule has 0 aliphatic rings. The Hall–Kier alpha value is -2.04. The van der Waals surface area contributed by atoms with Gasteiger partial charge in [0, 0.05) is 24.6 Å². The summed E-state index contributed by atoms with van der Waals surface area (Å²) < 4.78 is 41.5. The first kappa shape index (κ1) is 19.0. The maximum Gasteiger partial charge on any atom is 0.503 e. The van der Waals surface area contributed by atoms with Crippen molar-refractivity contribution in [2.45, 2.75) is 0 Å². The first-order valence-corrected chi connectivity index (χ1v) is 7.55. The third-order valence-corrected chi connectivity index (χ3v) is 2.39. The van der Waals surface area contributed by atoms with Gasteiger partial charge in [0.05, 0.1) is 14.1 Å². The minimum atomic E-state index is -4.94. The molecule has 0 bridgehead atoms. The quantitative estimate of drug-likeness (QED) is 0.504.